The molecule has 0 atom stereocenters. The van der Waals surface area contributed by atoms with Crippen LogP contribution in [0.3, 0.4) is 0 Å². The van der Waals surface area contributed by atoms with Crippen LogP contribution in [0.5, 0.6) is 5.75 Å². The topological polar surface area (TPSA) is 38.3 Å². The van der Waals surface area contributed by atoms with Crippen molar-refractivity contribution in [1.82, 2.24) is 0 Å². The summed E-state index contributed by atoms with van der Waals surface area (Å²) in [6, 6.07) is 11.4. The maximum Gasteiger partial charge on any atom is 0.197 e. The molecule has 0 saturated heterocycles. The van der Waals surface area contributed by atoms with Crippen molar-refractivity contribution < 1.29 is 9.53 Å². The average Bonchev–Trinajstić information content (AvgIpc) is 2.45. The van der Waals surface area contributed by atoms with Gasteiger partial charge in [-0.25, -0.2) is 0 Å². The number of carbonyl (C=O) groups excluding carboxylic acids is 1. The van der Waals surface area contributed by atoms with Gasteiger partial charge in [0.1, 0.15) is 5.75 Å². The standard InChI is InChI=1S/C17H19NO2/c1-11-8-12(2)16(15(9-11)20-4)17(19)13-6-5-7-14(10-13)18-3/h5-10,18H,1-4H3. The number of nitrogens with one attached hydrogen (secondary N) is 1. The highest BCUT2D eigenvalue weighted by molar-refractivity contribution is 6.12. The Bertz CT molecular complexity index is 647. The lowest BCUT2D eigenvalue weighted by molar-refractivity contribution is 0.103. The van der Waals surface area contributed by atoms with E-state index < -0.39 is 0 Å². The molecule has 3 nitrogen and oxygen atoms in total. The molecule has 3 heteroatoms. The molecule has 0 heterocycles. The Morgan fingerprint density at radius 2 is 1.90 bits per heavy atom. The summed E-state index contributed by atoms with van der Waals surface area (Å²) in [5.74, 6) is 0.610. The molecule has 2 rings (SSSR count). The minimum Gasteiger partial charge on any atom is -0.496 e. The van der Waals surface area contributed by atoms with Crippen LogP contribution < -0.4 is 10.1 Å². The zero-order chi connectivity index (χ0) is 14.7. The Balaban J connectivity index is 2.52. The van der Waals surface area contributed by atoms with E-state index in [4.69, 9.17) is 4.74 Å². The Morgan fingerprint density at radius 3 is 2.55 bits per heavy atom. The van der Waals surface area contributed by atoms with Gasteiger partial charge in [-0.05, 0) is 43.2 Å². The number of rotatable bonds is 4. The molecule has 2 aromatic carbocycles. The summed E-state index contributed by atoms with van der Waals surface area (Å²) < 4.78 is 5.37. The summed E-state index contributed by atoms with van der Waals surface area (Å²) in [7, 11) is 3.43. The van der Waals surface area contributed by atoms with Gasteiger partial charge in [-0.1, -0.05) is 18.2 Å². The molecule has 0 aliphatic carbocycles. The highest BCUT2D eigenvalue weighted by atomic mass is 16.5. The number of ketones is 1. The van der Waals surface area contributed by atoms with Crippen molar-refractivity contribution in [3.8, 4) is 5.75 Å². The van der Waals surface area contributed by atoms with E-state index in [1.165, 1.54) is 0 Å². The summed E-state index contributed by atoms with van der Waals surface area (Å²) in [6.07, 6.45) is 0. The predicted octanol–water partition coefficient (Wildman–Crippen LogP) is 3.58. The number of ether oxygens (including phenoxy) is 1. The summed E-state index contributed by atoms with van der Waals surface area (Å²) >= 11 is 0. The van der Waals surface area contributed by atoms with Gasteiger partial charge >= 0.3 is 0 Å². The summed E-state index contributed by atoms with van der Waals surface area (Å²) in [5, 5.41) is 3.04. The molecule has 104 valence electrons. The van der Waals surface area contributed by atoms with Crippen LogP contribution in [0.2, 0.25) is 0 Å². The van der Waals surface area contributed by atoms with Crippen LogP contribution in [0.15, 0.2) is 36.4 Å². The SMILES string of the molecule is CNc1cccc(C(=O)c2c(C)cc(C)cc2OC)c1. The van der Waals surface area contributed by atoms with Crippen molar-refractivity contribution in [1.29, 1.82) is 0 Å². The summed E-state index contributed by atoms with van der Waals surface area (Å²) in [4.78, 5) is 12.7. The van der Waals surface area contributed by atoms with Gasteiger partial charge in [-0.2, -0.15) is 0 Å². The molecule has 0 amide bonds. The highest BCUT2D eigenvalue weighted by Crippen LogP contribution is 2.27. The normalized spacial score (nSPS) is 10.2. The van der Waals surface area contributed by atoms with Gasteiger partial charge in [0.15, 0.2) is 5.78 Å². The lowest BCUT2D eigenvalue weighted by Crippen LogP contribution is -2.07. The quantitative estimate of drug-likeness (QED) is 0.862. The van der Waals surface area contributed by atoms with E-state index in [0.29, 0.717) is 16.9 Å². The van der Waals surface area contributed by atoms with E-state index >= 15 is 0 Å². The fraction of sp³-hybridized carbons (Fsp3) is 0.235. The van der Waals surface area contributed by atoms with Gasteiger partial charge in [0, 0.05) is 18.3 Å². The van der Waals surface area contributed by atoms with Crippen molar-refractivity contribution in [3.63, 3.8) is 0 Å². The first-order chi connectivity index (χ1) is 9.56. The predicted molar refractivity (Wildman–Crippen MR) is 81.9 cm³/mol. The highest BCUT2D eigenvalue weighted by Gasteiger charge is 2.17. The molecule has 0 unspecified atom stereocenters. The Labute approximate surface area is 119 Å². The lowest BCUT2D eigenvalue weighted by atomic mass is 9.96. The zero-order valence-corrected chi connectivity index (χ0v) is 12.3. The van der Waals surface area contributed by atoms with E-state index in [2.05, 4.69) is 5.32 Å². The minimum atomic E-state index is -0.0172. The maximum atomic E-state index is 12.7. The second-order valence-corrected chi connectivity index (χ2v) is 4.82. The Kier molecular flexibility index (Phi) is 4.08. The van der Waals surface area contributed by atoms with Crippen molar-refractivity contribution in [2.45, 2.75) is 13.8 Å². The van der Waals surface area contributed by atoms with Gasteiger partial charge in [0.25, 0.3) is 0 Å². The van der Waals surface area contributed by atoms with Crippen molar-refractivity contribution in [2.24, 2.45) is 0 Å². The molecule has 0 aromatic heterocycles. The second kappa shape index (κ2) is 5.78. The first-order valence-corrected chi connectivity index (χ1v) is 6.54. The number of benzene rings is 2. The smallest absolute Gasteiger partial charge is 0.197 e. The van der Waals surface area contributed by atoms with E-state index in [0.717, 1.165) is 16.8 Å². The molecule has 0 aliphatic heterocycles. The first kappa shape index (κ1) is 14.1. The van der Waals surface area contributed by atoms with Crippen molar-refractivity contribution in [3.05, 3.63) is 58.7 Å². The van der Waals surface area contributed by atoms with Crippen LogP contribution in [-0.4, -0.2) is 19.9 Å². The molecule has 0 saturated carbocycles. The molecule has 0 fully saturated rings. The molecular formula is C17H19NO2. The second-order valence-electron chi connectivity index (χ2n) is 4.82. The van der Waals surface area contributed by atoms with Crippen LogP contribution in [0.1, 0.15) is 27.0 Å². The fourth-order valence-corrected chi connectivity index (χ4v) is 2.34. The third-order valence-electron chi connectivity index (χ3n) is 3.30. The zero-order valence-electron chi connectivity index (χ0n) is 12.3. The molecule has 2 aromatic rings. The molecule has 0 spiro atoms. The van der Waals surface area contributed by atoms with Gasteiger partial charge in [-0.15, -0.1) is 0 Å². The molecule has 1 N–H and O–H groups in total. The van der Waals surface area contributed by atoms with Crippen LogP contribution in [-0.2, 0) is 0 Å². The summed E-state index contributed by atoms with van der Waals surface area (Å²) in [6.45, 7) is 3.93. The average molecular weight is 269 g/mol. The number of hydrogen-bond acceptors (Lipinski definition) is 3. The third-order valence-corrected chi connectivity index (χ3v) is 3.30. The summed E-state index contributed by atoms with van der Waals surface area (Å²) in [5.41, 5.74) is 4.22. The van der Waals surface area contributed by atoms with Crippen molar-refractivity contribution >= 4 is 11.5 Å². The van der Waals surface area contributed by atoms with E-state index in [1.54, 1.807) is 7.11 Å². The van der Waals surface area contributed by atoms with E-state index in [1.807, 2.05) is 57.3 Å². The number of methoxy groups -OCH3 is 1. The van der Waals surface area contributed by atoms with Gasteiger partial charge in [0.05, 0.1) is 12.7 Å². The van der Waals surface area contributed by atoms with Gasteiger partial charge in [-0.3, -0.25) is 4.79 Å². The van der Waals surface area contributed by atoms with Gasteiger partial charge < -0.3 is 10.1 Å². The minimum absolute atomic E-state index is 0.0172. The molecule has 0 aliphatic rings. The molecule has 0 bridgehead atoms. The van der Waals surface area contributed by atoms with Crippen molar-refractivity contribution in [2.75, 3.05) is 19.5 Å². The monoisotopic (exact) mass is 269 g/mol. The molecule has 0 radical (unpaired) electrons. The van der Waals surface area contributed by atoms with Crippen LogP contribution in [0.4, 0.5) is 5.69 Å². The number of aryl methyl sites for hydroxylation is 2. The van der Waals surface area contributed by atoms with Crippen LogP contribution in [0.25, 0.3) is 0 Å². The van der Waals surface area contributed by atoms with Crippen LogP contribution >= 0.6 is 0 Å². The fourth-order valence-electron chi connectivity index (χ4n) is 2.34. The van der Waals surface area contributed by atoms with Gasteiger partial charge in [0.2, 0.25) is 0 Å². The number of carbonyl (C=O) groups is 1. The molecular weight excluding hydrogens is 250 g/mol. The third kappa shape index (κ3) is 2.67. The number of anilines is 1. The Morgan fingerprint density at radius 1 is 1.15 bits per heavy atom. The van der Waals surface area contributed by atoms with E-state index in [-0.39, 0.29) is 5.78 Å². The molecule has 20 heavy (non-hydrogen) atoms. The maximum absolute atomic E-state index is 12.7. The number of hydrogen-bond donors (Lipinski definition) is 1. The first-order valence-electron chi connectivity index (χ1n) is 6.54. The largest absolute Gasteiger partial charge is 0.496 e. The van der Waals surface area contributed by atoms with Crippen LogP contribution in [0, 0.1) is 13.8 Å². The Hall–Kier alpha value is -2.29. The lowest BCUT2D eigenvalue weighted by Gasteiger charge is -2.12. The van der Waals surface area contributed by atoms with E-state index in [9.17, 15) is 4.79 Å².